The van der Waals surface area contributed by atoms with Crippen LogP contribution in [-0.4, -0.2) is 28.2 Å². The maximum Gasteiger partial charge on any atom is 0.417 e. The van der Waals surface area contributed by atoms with Crippen LogP contribution in [0.3, 0.4) is 0 Å². The number of nitrogens with zero attached hydrogens (tertiary/aromatic N) is 2. The van der Waals surface area contributed by atoms with Crippen LogP contribution in [0.4, 0.5) is 27.8 Å². The zero-order valence-corrected chi connectivity index (χ0v) is 17.2. The van der Waals surface area contributed by atoms with Gasteiger partial charge in [0.2, 0.25) is 0 Å². The molecular weight excluding hydrogens is 429 g/mol. The number of H-pyrrole nitrogens is 1. The second-order valence-corrected chi connectivity index (χ2v) is 7.72. The highest BCUT2D eigenvalue weighted by atomic mass is 19.4. The molecule has 3 heterocycles. The van der Waals surface area contributed by atoms with Crippen molar-refractivity contribution < 1.29 is 27.1 Å². The van der Waals surface area contributed by atoms with Gasteiger partial charge in [0.15, 0.2) is 11.6 Å². The van der Waals surface area contributed by atoms with Gasteiger partial charge in [-0.25, -0.2) is 13.8 Å². The van der Waals surface area contributed by atoms with Gasteiger partial charge in [-0.1, -0.05) is 6.58 Å². The second-order valence-electron chi connectivity index (χ2n) is 7.72. The molecule has 0 aliphatic carbocycles. The molecule has 0 amide bonds. The summed E-state index contributed by atoms with van der Waals surface area (Å²) in [6, 6.07) is 3.40. The lowest BCUT2D eigenvalue weighted by molar-refractivity contribution is -0.138. The van der Waals surface area contributed by atoms with E-state index < -0.39 is 23.4 Å². The number of halogens is 5. The minimum Gasteiger partial charge on any atom is -0.392 e. The van der Waals surface area contributed by atoms with E-state index in [1.54, 1.807) is 19.2 Å². The predicted octanol–water partition coefficient (Wildman–Crippen LogP) is 5.59. The van der Waals surface area contributed by atoms with E-state index in [1.165, 1.54) is 11.0 Å². The van der Waals surface area contributed by atoms with Crippen LogP contribution in [0.25, 0.3) is 16.5 Å². The third-order valence-corrected chi connectivity index (χ3v) is 5.78. The van der Waals surface area contributed by atoms with E-state index in [0.29, 0.717) is 58.4 Å². The van der Waals surface area contributed by atoms with E-state index in [2.05, 4.69) is 16.5 Å². The lowest BCUT2D eigenvalue weighted by atomic mass is 9.89. The number of aromatic amines is 1. The third kappa shape index (κ3) is 3.77. The summed E-state index contributed by atoms with van der Waals surface area (Å²) >= 11 is 0. The normalized spacial score (nSPS) is 16.7. The number of allylic oxidation sites excluding steroid dienone is 1. The van der Waals surface area contributed by atoms with E-state index in [9.17, 15) is 22.7 Å². The summed E-state index contributed by atoms with van der Waals surface area (Å²) < 4.78 is 68.1. The van der Waals surface area contributed by atoms with E-state index in [1.807, 2.05) is 0 Å². The number of rotatable bonds is 3. The summed E-state index contributed by atoms with van der Waals surface area (Å²) in [5, 5.41) is 10.1. The standard InChI is InChI=1S/C23H20F5N3O/c1-12-4-6-31(22-19(25)8-15(9-30-22)23(26,27)28)10-17(12)13(2)20-16-3-5-29-21(16)14(11-32)7-18(20)24/h3,5,7-9,29,32H,1,4,6,10-11H2,2H3/b17-13+. The molecule has 1 fully saturated rings. The highest BCUT2D eigenvalue weighted by molar-refractivity contribution is 5.95. The molecule has 1 saturated heterocycles. The van der Waals surface area contributed by atoms with Crippen molar-refractivity contribution in [3.05, 3.63) is 76.6 Å². The van der Waals surface area contributed by atoms with Gasteiger partial charge in [0.05, 0.1) is 17.7 Å². The zero-order valence-electron chi connectivity index (χ0n) is 17.2. The molecule has 4 rings (SSSR count). The van der Waals surface area contributed by atoms with Gasteiger partial charge in [-0.3, -0.25) is 0 Å². The van der Waals surface area contributed by atoms with Crippen LogP contribution in [0.5, 0.6) is 0 Å². The topological polar surface area (TPSA) is 52.1 Å². The molecule has 4 nitrogen and oxygen atoms in total. The molecule has 0 spiro atoms. The highest BCUT2D eigenvalue weighted by Gasteiger charge is 2.33. The predicted molar refractivity (Wildman–Crippen MR) is 112 cm³/mol. The van der Waals surface area contributed by atoms with Crippen molar-refractivity contribution in [1.82, 2.24) is 9.97 Å². The van der Waals surface area contributed by atoms with Crippen molar-refractivity contribution >= 4 is 22.3 Å². The Morgan fingerprint density at radius 1 is 1.25 bits per heavy atom. The number of piperidine rings is 1. The first-order valence-electron chi connectivity index (χ1n) is 9.87. The van der Waals surface area contributed by atoms with Gasteiger partial charge in [0.1, 0.15) is 5.82 Å². The molecule has 2 aromatic heterocycles. The van der Waals surface area contributed by atoms with Crippen molar-refractivity contribution in [2.24, 2.45) is 0 Å². The number of hydrogen-bond acceptors (Lipinski definition) is 3. The third-order valence-electron chi connectivity index (χ3n) is 5.78. The first kappa shape index (κ1) is 22.0. The molecule has 168 valence electrons. The van der Waals surface area contributed by atoms with Gasteiger partial charge in [-0.05, 0) is 48.3 Å². The van der Waals surface area contributed by atoms with Crippen LogP contribution in [0, 0.1) is 11.6 Å². The van der Waals surface area contributed by atoms with Crippen molar-refractivity contribution in [1.29, 1.82) is 0 Å². The Hall–Kier alpha value is -3.20. The molecule has 0 unspecified atom stereocenters. The van der Waals surface area contributed by atoms with Crippen LogP contribution in [-0.2, 0) is 12.8 Å². The van der Waals surface area contributed by atoms with Crippen molar-refractivity contribution in [3.63, 3.8) is 0 Å². The molecule has 9 heteroatoms. The zero-order chi connectivity index (χ0) is 23.2. The van der Waals surface area contributed by atoms with Crippen LogP contribution in [0.1, 0.15) is 30.0 Å². The van der Waals surface area contributed by atoms with Gasteiger partial charge in [0.25, 0.3) is 0 Å². The largest absolute Gasteiger partial charge is 0.417 e. The van der Waals surface area contributed by atoms with E-state index in [4.69, 9.17) is 0 Å². The molecule has 1 aliphatic heterocycles. The molecule has 2 N–H and O–H groups in total. The number of benzene rings is 1. The highest BCUT2D eigenvalue weighted by Crippen LogP contribution is 2.37. The molecule has 0 bridgehead atoms. The molecule has 0 atom stereocenters. The number of aliphatic hydroxyl groups excluding tert-OH is 1. The average Bonchev–Trinajstić information content (AvgIpc) is 3.22. The monoisotopic (exact) mass is 449 g/mol. The summed E-state index contributed by atoms with van der Waals surface area (Å²) in [6.45, 7) is 5.88. The minimum atomic E-state index is -4.69. The Balaban J connectivity index is 1.76. The van der Waals surface area contributed by atoms with Crippen molar-refractivity contribution in [3.8, 4) is 0 Å². The first-order chi connectivity index (χ1) is 15.1. The van der Waals surface area contributed by atoms with Crippen LogP contribution in [0.15, 0.2) is 48.3 Å². The van der Waals surface area contributed by atoms with Crippen molar-refractivity contribution in [2.75, 3.05) is 18.0 Å². The molecule has 32 heavy (non-hydrogen) atoms. The summed E-state index contributed by atoms with van der Waals surface area (Å²) in [7, 11) is 0. The Labute approximate surface area is 180 Å². The van der Waals surface area contributed by atoms with Crippen molar-refractivity contribution in [2.45, 2.75) is 26.1 Å². The fraction of sp³-hybridized carbons (Fsp3) is 0.261. The number of alkyl halides is 3. The fourth-order valence-electron chi connectivity index (χ4n) is 4.11. The molecule has 0 radical (unpaired) electrons. The summed E-state index contributed by atoms with van der Waals surface area (Å²) in [5.74, 6) is -1.79. The number of pyridine rings is 1. The SMILES string of the molecule is C=C1CCN(c2ncc(C(F)(F)F)cc2F)C/C1=C(/C)c1c(F)cc(CO)c2[nH]ccc12. The average molecular weight is 449 g/mol. The molecular formula is C23H20F5N3O. The number of fused-ring (bicyclic) bond motifs is 1. The maximum atomic E-state index is 15.0. The first-order valence-corrected chi connectivity index (χ1v) is 9.87. The fourth-order valence-corrected chi connectivity index (χ4v) is 4.11. The Morgan fingerprint density at radius 2 is 2.00 bits per heavy atom. The maximum absolute atomic E-state index is 15.0. The number of aromatic nitrogens is 2. The smallest absolute Gasteiger partial charge is 0.392 e. The van der Waals surface area contributed by atoms with E-state index in [-0.39, 0.29) is 19.0 Å². The number of anilines is 1. The molecule has 1 aliphatic rings. The lowest BCUT2D eigenvalue weighted by Crippen LogP contribution is -2.34. The van der Waals surface area contributed by atoms with Gasteiger partial charge in [-0.2, -0.15) is 13.2 Å². The van der Waals surface area contributed by atoms with Crippen LogP contribution in [0.2, 0.25) is 0 Å². The molecule has 3 aromatic rings. The summed E-state index contributed by atoms with van der Waals surface area (Å²) in [5.41, 5.74) is 2.18. The Morgan fingerprint density at radius 3 is 2.66 bits per heavy atom. The second kappa shape index (κ2) is 8.05. The number of hydrogen-bond donors (Lipinski definition) is 2. The quantitative estimate of drug-likeness (QED) is 0.513. The molecule has 1 aromatic carbocycles. The number of nitrogens with one attached hydrogen (secondary N) is 1. The van der Waals surface area contributed by atoms with Gasteiger partial charge < -0.3 is 15.0 Å². The summed E-state index contributed by atoms with van der Waals surface area (Å²) in [4.78, 5) is 8.24. The van der Waals surface area contributed by atoms with Crippen LogP contribution < -0.4 is 4.90 Å². The van der Waals surface area contributed by atoms with Gasteiger partial charge in [-0.15, -0.1) is 0 Å². The van der Waals surface area contributed by atoms with E-state index in [0.717, 1.165) is 5.57 Å². The Bertz CT molecular complexity index is 1240. The molecule has 0 saturated carbocycles. The number of aliphatic hydroxyl groups is 1. The van der Waals surface area contributed by atoms with E-state index >= 15 is 4.39 Å². The Kier molecular flexibility index (Phi) is 5.54. The van der Waals surface area contributed by atoms with Gasteiger partial charge >= 0.3 is 6.18 Å². The van der Waals surface area contributed by atoms with Crippen LogP contribution >= 0.6 is 0 Å². The summed E-state index contributed by atoms with van der Waals surface area (Å²) in [6.07, 6.45) is -2.02. The lowest BCUT2D eigenvalue weighted by Gasteiger charge is -2.33. The van der Waals surface area contributed by atoms with Gasteiger partial charge in [0, 0.05) is 42.0 Å². The minimum absolute atomic E-state index is 0.118.